The molecule has 7 nitrogen and oxygen atoms in total. The molecule has 150 valence electrons. The molecule has 0 aliphatic rings. The number of thiophene rings is 1. The summed E-state index contributed by atoms with van der Waals surface area (Å²) >= 11 is 13.8. The van der Waals surface area contributed by atoms with Crippen molar-refractivity contribution in [1.29, 1.82) is 0 Å². The molecule has 0 bridgehead atoms. The van der Waals surface area contributed by atoms with Crippen LogP contribution in [0.5, 0.6) is 0 Å². The summed E-state index contributed by atoms with van der Waals surface area (Å²) in [7, 11) is -3.73. The van der Waals surface area contributed by atoms with Gasteiger partial charge in [-0.25, -0.2) is 23.5 Å². The lowest BCUT2D eigenvalue weighted by atomic mass is 10.3. The van der Waals surface area contributed by atoms with E-state index in [1.807, 2.05) is 11.4 Å². The maximum Gasteiger partial charge on any atom is 0.238 e. The van der Waals surface area contributed by atoms with E-state index < -0.39 is 10.0 Å². The molecule has 13 heteroatoms. The molecule has 0 fully saturated rings. The van der Waals surface area contributed by atoms with Crippen molar-refractivity contribution in [3.63, 3.8) is 0 Å². The molecule has 0 aliphatic heterocycles. The number of thiazole rings is 2. The van der Waals surface area contributed by atoms with E-state index >= 15 is 0 Å². The molecule has 0 atom stereocenters. The quantitative estimate of drug-likeness (QED) is 0.307. The molecule has 4 aromatic rings. The summed E-state index contributed by atoms with van der Waals surface area (Å²) in [6.45, 7) is 0. The fourth-order valence-electron chi connectivity index (χ4n) is 2.35. The summed E-state index contributed by atoms with van der Waals surface area (Å²) in [6.07, 6.45) is 0. The Hall–Kier alpha value is -1.54. The Morgan fingerprint density at radius 3 is 2.48 bits per heavy atom. The van der Waals surface area contributed by atoms with Crippen LogP contribution in [0.4, 0.5) is 16.6 Å². The molecule has 0 saturated carbocycles. The van der Waals surface area contributed by atoms with Crippen LogP contribution in [0, 0.1) is 0 Å². The van der Waals surface area contributed by atoms with E-state index in [1.165, 1.54) is 46.1 Å². The van der Waals surface area contributed by atoms with Crippen molar-refractivity contribution in [2.45, 2.75) is 4.90 Å². The zero-order valence-corrected chi connectivity index (χ0v) is 19.8. The van der Waals surface area contributed by atoms with Gasteiger partial charge in [0, 0.05) is 15.5 Å². The molecule has 3 aromatic heterocycles. The van der Waals surface area contributed by atoms with Crippen molar-refractivity contribution in [2.24, 2.45) is 5.14 Å². The molecule has 5 N–H and O–H groups in total. The lowest BCUT2D eigenvalue weighted by Crippen LogP contribution is -2.11. The van der Waals surface area contributed by atoms with Crippen molar-refractivity contribution < 1.29 is 8.42 Å². The predicted molar refractivity (Wildman–Crippen MR) is 125 cm³/mol. The lowest BCUT2D eigenvalue weighted by Gasteiger charge is -2.03. The highest BCUT2D eigenvalue weighted by Crippen LogP contribution is 2.42. The van der Waals surface area contributed by atoms with Crippen LogP contribution in [0.1, 0.15) is 0 Å². The van der Waals surface area contributed by atoms with E-state index in [-0.39, 0.29) is 4.90 Å². The van der Waals surface area contributed by atoms with Gasteiger partial charge in [-0.15, -0.1) is 22.7 Å². The fraction of sp³-hybridized carbons (Fsp3) is 0. The van der Waals surface area contributed by atoms with E-state index in [2.05, 4.69) is 31.2 Å². The summed E-state index contributed by atoms with van der Waals surface area (Å²) in [5.41, 5.74) is 7.57. The van der Waals surface area contributed by atoms with Gasteiger partial charge in [-0.2, -0.15) is 0 Å². The highest BCUT2D eigenvalue weighted by atomic mass is 79.9. The third-order valence-electron chi connectivity index (χ3n) is 3.68. The number of hydrogen-bond acceptors (Lipinski definition) is 9. The first-order valence-electron chi connectivity index (χ1n) is 7.78. The molecular weight excluding hydrogens is 538 g/mol. The van der Waals surface area contributed by atoms with Crippen molar-refractivity contribution in [3.05, 3.63) is 44.5 Å². The Bertz CT molecular complexity index is 1280. The van der Waals surface area contributed by atoms with E-state index in [1.54, 1.807) is 12.1 Å². The standard InChI is InChI=1S/C16H11BrClN5O2S4/c17-9-5-11(27-13(9)18)10-6-26-15(22-10)12-14(19)23-16(28-12)21-7-1-3-8(4-2-7)29(20,24)25/h1-6H,19H2,(H,21,23)(H2,20,24,25). The van der Waals surface area contributed by atoms with Gasteiger partial charge in [0.2, 0.25) is 10.0 Å². The zero-order valence-electron chi connectivity index (χ0n) is 14.2. The summed E-state index contributed by atoms with van der Waals surface area (Å²) in [5, 5.41) is 11.5. The van der Waals surface area contributed by atoms with Crippen molar-refractivity contribution >= 4 is 88.2 Å². The average molecular weight is 549 g/mol. The van der Waals surface area contributed by atoms with Crippen molar-refractivity contribution in [2.75, 3.05) is 11.1 Å². The van der Waals surface area contributed by atoms with Gasteiger partial charge >= 0.3 is 0 Å². The number of primary sulfonamides is 1. The molecule has 0 amide bonds. The highest BCUT2D eigenvalue weighted by molar-refractivity contribution is 9.10. The van der Waals surface area contributed by atoms with E-state index in [0.29, 0.717) is 21.0 Å². The Morgan fingerprint density at radius 1 is 1.14 bits per heavy atom. The number of aromatic nitrogens is 2. The smallest absolute Gasteiger partial charge is 0.238 e. The van der Waals surface area contributed by atoms with Gasteiger partial charge in [0.25, 0.3) is 0 Å². The van der Waals surface area contributed by atoms with Crippen LogP contribution < -0.4 is 16.2 Å². The van der Waals surface area contributed by atoms with E-state index in [0.717, 1.165) is 24.9 Å². The predicted octanol–water partition coefficient (Wildman–Crippen LogP) is 5.38. The van der Waals surface area contributed by atoms with Crippen LogP contribution in [0.15, 0.2) is 45.1 Å². The number of nitrogen functional groups attached to an aromatic ring is 1. The molecule has 3 heterocycles. The molecular formula is C16H11BrClN5O2S4. The second-order valence-corrected chi connectivity index (χ2v) is 11.6. The Morgan fingerprint density at radius 2 is 1.86 bits per heavy atom. The van der Waals surface area contributed by atoms with Gasteiger partial charge < -0.3 is 11.1 Å². The SMILES string of the molecule is Nc1nc(Nc2ccc(S(N)(=O)=O)cc2)sc1-c1nc(-c2cc(Br)c(Cl)s2)cs1. The number of sulfonamides is 1. The van der Waals surface area contributed by atoms with Crippen LogP contribution >= 0.6 is 61.5 Å². The van der Waals surface area contributed by atoms with Gasteiger partial charge in [0.15, 0.2) is 5.13 Å². The minimum absolute atomic E-state index is 0.0398. The fourth-order valence-corrected chi connectivity index (χ4v) is 6.43. The first-order valence-corrected chi connectivity index (χ1v) is 13.0. The Labute approximate surface area is 191 Å². The van der Waals surface area contributed by atoms with Gasteiger partial charge in [-0.05, 0) is 46.3 Å². The molecule has 1 aromatic carbocycles. The number of benzene rings is 1. The first-order chi connectivity index (χ1) is 13.7. The summed E-state index contributed by atoms with van der Waals surface area (Å²) in [6, 6.07) is 7.99. The average Bonchev–Trinajstić information content (AvgIpc) is 3.34. The largest absolute Gasteiger partial charge is 0.382 e. The van der Waals surface area contributed by atoms with Gasteiger partial charge in [0.1, 0.15) is 20.0 Å². The molecule has 4 rings (SSSR count). The third kappa shape index (κ3) is 4.48. The number of nitrogens with one attached hydrogen (secondary N) is 1. The molecule has 0 saturated heterocycles. The van der Waals surface area contributed by atoms with Crippen LogP contribution in [0.25, 0.3) is 20.5 Å². The minimum Gasteiger partial charge on any atom is -0.382 e. The molecule has 0 aliphatic carbocycles. The number of nitrogens with two attached hydrogens (primary N) is 2. The van der Waals surface area contributed by atoms with Gasteiger partial charge in [-0.3, -0.25) is 0 Å². The molecule has 29 heavy (non-hydrogen) atoms. The van der Waals surface area contributed by atoms with Gasteiger partial charge in [0.05, 0.1) is 15.5 Å². The van der Waals surface area contributed by atoms with Crippen molar-refractivity contribution in [3.8, 4) is 20.5 Å². The van der Waals surface area contributed by atoms with Gasteiger partial charge in [-0.1, -0.05) is 22.9 Å². The number of rotatable bonds is 5. The highest BCUT2D eigenvalue weighted by Gasteiger charge is 2.17. The molecule has 0 unspecified atom stereocenters. The second kappa shape index (κ2) is 7.95. The van der Waals surface area contributed by atoms with E-state index in [9.17, 15) is 8.42 Å². The first kappa shape index (κ1) is 20.7. The summed E-state index contributed by atoms with van der Waals surface area (Å²) in [4.78, 5) is 10.7. The number of anilines is 3. The molecule has 0 radical (unpaired) electrons. The second-order valence-electron chi connectivity index (χ2n) is 5.70. The topological polar surface area (TPSA) is 124 Å². The number of hydrogen-bond donors (Lipinski definition) is 3. The zero-order chi connectivity index (χ0) is 20.8. The van der Waals surface area contributed by atoms with Crippen LogP contribution in [-0.2, 0) is 10.0 Å². The summed E-state index contributed by atoms with van der Waals surface area (Å²) in [5.74, 6) is 0.366. The minimum atomic E-state index is -3.73. The number of nitrogens with zero attached hydrogens (tertiary/aromatic N) is 2. The Kier molecular flexibility index (Phi) is 5.68. The third-order valence-corrected chi connectivity index (χ3v) is 9.09. The monoisotopic (exact) mass is 547 g/mol. The Balaban J connectivity index is 1.57. The van der Waals surface area contributed by atoms with Crippen molar-refractivity contribution in [1.82, 2.24) is 9.97 Å². The maximum atomic E-state index is 11.3. The summed E-state index contributed by atoms with van der Waals surface area (Å²) < 4.78 is 24.2. The maximum absolute atomic E-state index is 11.3. The number of halogens is 2. The normalized spacial score (nSPS) is 11.7. The van der Waals surface area contributed by atoms with Crippen LogP contribution in [-0.4, -0.2) is 18.4 Å². The molecule has 0 spiro atoms. The van der Waals surface area contributed by atoms with E-state index in [4.69, 9.17) is 22.5 Å². The van der Waals surface area contributed by atoms with Crippen LogP contribution in [0.2, 0.25) is 4.34 Å². The lowest BCUT2D eigenvalue weighted by molar-refractivity contribution is 0.598. The van der Waals surface area contributed by atoms with Crippen LogP contribution in [0.3, 0.4) is 0 Å².